The summed E-state index contributed by atoms with van der Waals surface area (Å²) in [5.74, 6) is 0.167. The Labute approximate surface area is 162 Å². The Morgan fingerprint density at radius 1 is 1.27 bits per heavy atom. The molecule has 1 aromatic carbocycles. The summed E-state index contributed by atoms with van der Waals surface area (Å²) >= 11 is 7.41. The van der Waals surface area contributed by atoms with Crippen LogP contribution < -0.4 is 4.74 Å². The van der Waals surface area contributed by atoms with Crippen molar-refractivity contribution in [1.82, 2.24) is 4.31 Å². The number of thiophene rings is 1. The minimum atomic E-state index is -3.84. The molecule has 0 saturated carbocycles. The molecule has 0 bridgehead atoms. The normalized spacial score (nSPS) is 21.2. The number of nitrogens with zero attached hydrogens (tertiary/aromatic N) is 1. The third kappa shape index (κ3) is 3.77. The molecule has 1 unspecified atom stereocenters. The molecule has 0 amide bonds. The standard InChI is InChI=1S/C16H18ClNO5S3/c1-23-14-5-4-12(11-13(14)17)26(21,22)18-7-6-16(15-3-2-9-24-15)25(19,20)10-8-18/h2-5,9,11,16H,6-8,10H2,1H3. The summed E-state index contributed by atoms with van der Waals surface area (Å²) in [7, 11) is -5.82. The quantitative estimate of drug-likeness (QED) is 0.737. The molecule has 26 heavy (non-hydrogen) atoms. The number of sulfonamides is 1. The zero-order valence-electron chi connectivity index (χ0n) is 14.0. The lowest BCUT2D eigenvalue weighted by Gasteiger charge is -2.20. The van der Waals surface area contributed by atoms with Crippen molar-refractivity contribution < 1.29 is 21.6 Å². The minimum absolute atomic E-state index is 0.0234. The number of hydrogen-bond acceptors (Lipinski definition) is 6. The van der Waals surface area contributed by atoms with Gasteiger partial charge < -0.3 is 4.74 Å². The molecule has 1 aromatic heterocycles. The number of hydrogen-bond donors (Lipinski definition) is 0. The molecule has 0 spiro atoms. The highest BCUT2D eigenvalue weighted by Crippen LogP contribution is 2.34. The fourth-order valence-corrected chi connectivity index (χ4v) is 7.84. The van der Waals surface area contributed by atoms with Crippen molar-refractivity contribution >= 4 is 42.8 Å². The van der Waals surface area contributed by atoms with E-state index in [2.05, 4.69) is 0 Å². The Kier molecular flexibility index (Phi) is 5.64. The van der Waals surface area contributed by atoms with Crippen molar-refractivity contribution in [2.45, 2.75) is 16.6 Å². The van der Waals surface area contributed by atoms with Crippen molar-refractivity contribution in [3.63, 3.8) is 0 Å². The second-order valence-electron chi connectivity index (χ2n) is 5.86. The monoisotopic (exact) mass is 435 g/mol. The second kappa shape index (κ2) is 7.47. The van der Waals surface area contributed by atoms with Crippen LogP contribution in [-0.4, -0.2) is 47.1 Å². The first-order valence-electron chi connectivity index (χ1n) is 7.84. The van der Waals surface area contributed by atoms with Crippen LogP contribution in [0.5, 0.6) is 5.75 Å². The average molecular weight is 436 g/mol. The average Bonchev–Trinajstić information content (AvgIpc) is 3.05. The van der Waals surface area contributed by atoms with Crippen molar-refractivity contribution in [2.24, 2.45) is 0 Å². The van der Waals surface area contributed by atoms with Crippen LogP contribution in [0.25, 0.3) is 0 Å². The number of methoxy groups -OCH3 is 1. The molecule has 10 heteroatoms. The molecule has 0 aliphatic carbocycles. The topological polar surface area (TPSA) is 80.8 Å². The smallest absolute Gasteiger partial charge is 0.243 e. The first-order valence-corrected chi connectivity index (χ1v) is 12.3. The van der Waals surface area contributed by atoms with Gasteiger partial charge in [0.25, 0.3) is 0 Å². The van der Waals surface area contributed by atoms with Gasteiger partial charge in [-0.25, -0.2) is 16.8 Å². The van der Waals surface area contributed by atoms with E-state index in [0.29, 0.717) is 5.75 Å². The van der Waals surface area contributed by atoms with Crippen LogP contribution >= 0.6 is 22.9 Å². The minimum Gasteiger partial charge on any atom is -0.495 e. The summed E-state index contributed by atoms with van der Waals surface area (Å²) < 4.78 is 57.3. The largest absolute Gasteiger partial charge is 0.495 e. The summed E-state index contributed by atoms with van der Waals surface area (Å²) in [6, 6.07) is 7.80. The van der Waals surface area contributed by atoms with E-state index in [4.69, 9.17) is 16.3 Å². The fraction of sp³-hybridized carbons (Fsp3) is 0.375. The number of benzene rings is 1. The van der Waals surface area contributed by atoms with E-state index in [-0.39, 0.29) is 35.2 Å². The van der Waals surface area contributed by atoms with Crippen LogP contribution in [0.3, 0.4) is 0 Å². The third-order valence-electron chi connectivity index (χ3n) is 4.32. The first-order chi connectivity index (χ1) is 12.3. The lowest BCUT2D eigenvalue weighted by atomic mass is 10.2. The van der Waals surface area contributed by atoms with Crippen molar-refractivity contribution in [1.29, 1.82) is 0 Å². The van der Waals surface area contributed by atoms with Gasteiger partial charge in [-0.3, -0.25) is 0 Å². The molecule has 2 aromatic rings. The van der Waals surface area contributed by atoms with Gasteiger partial charge in [0.05, 0.1) is 28.0 Å². The molecule has 3 rings (SSSR count). The number of ether oxygens (including phenoxy) is 1. The summed E-state index contributed by atoms with van der Waals surface area (Å²) in [6.07, 6.45) is 0.228. The Balaban J connectivity index is 1.89. The highest BCUT2D eigenvalue weighted by atomic mass is 35.5. The van der Waals surface area contributed by atoms with Gasteiger partial charge in [0.1, 0.15) is 5.75 Å². The Morgan fingerprint density at radius 3 is 2.65 bits per heavy atom. The fourth-order valence-electron chi connectivity index (χ4n) is 2.91. The highest BCUT2D eigenvalue weighted by Gasteiger charge is 2.36. The zero-order chi connectivity index (χ0) is 18.9. The molecule has 2 heterocycles. The maximum atomic E-state index is 12.9. The second-order valence-corrected chi connectivity index (χ2v) is 11.5. The van der Waals surface area contributed by atoms with Gasteiger partial charge in [0.15, 0.2) is 9.84 Å². The van der Waals surface area contributed by atoms with E-state index in [9.17, 15) is 16.8 Å². The predicted octanol–water partition coefficient (Wildman–Crippen LogP) is 2.96. The molecule has 1 fully saturated rings. The van der Waals surface area contributed by atoms with E-state index in [1.165, 1.54) is 41.0 Å². The molecular weight excluding hydrogens is 418 g/mol. The van der Waals surface area contributed by atoms with Gasteiger partial charge >= 0.3 is 0 Å². The van der Waals surface area contributed by atoms with Gasteiger partial charge in [0.2, 0.25) is 10.0 Å². The molecule has 1 atom stereocenters. The summed E-state index contributed by atoms with van der Waals surface area (Å²) in [4.78, 5) is 0.770. The van der Waals surface area contributed by atoms with Crippen LogP contribution in [0.15, 0.2) is 40.6 Å². The molecule has 0 radical (unpaired) electrons. The zero-order valence-corrected chi connectivity index (χ0v) is 17.2. The van der Waals surface area contributed by atoms with E-state index in [1.807, 2.05) is 5.38 Å². The molecule has 6 nitrogen and oxygen atoms in total. The molecule has 142 valence electrons. The van der Waals surface area contributed by atoms with Gasteiger partial charge in [-0.1, -0.05) is 17.7 Å². The third-order valence-corrected chi connectivity index (χ3v) is 9.75. The van der Waals surface area contributed by atoms with Crippen molar-refractivity contribution in [3.05, 3.63) is 45.6 Å². The number of halogens is 1. The van der Waals surface area contributed by atoms with Gasteiger partial charge in [0, 0.05) is 18.0 Å². The Morgan fingerprint density at radius 2 is 2.04 bits per heavy atom. The number of rotatable bonds is 4. The summed E-state index contributed by atoms with van der Waals surface area (Å²) in [5.41, 5.74) is 0. The highest BCUT2D eigenvalue weighted by molar-refractivity contribution is 7.92. The maximum absolute atomic E-state index is 12.9. The number of sulfone groups is 1. The van der Waals surface area contributed by atoms with Gasteiger partial charge in [-0.2, -0.15) is 4.31 Å². The van der Waals surface area contributed by atoms with E-state index >= 15 is 0 Å². The van der Waals surface area contributed by atoms with Crippen LogP contribution in [0.1, 0.15) is 16.5 Å². The van der Waals surface area contributed by atoms with Crippen LogP contribution in [-0.2, 0) is 19.9 Å². The van der Waals surface area contributed by atoms with E-state index < -0.39 is 25.1 Å². The van der Waals surface area contributed by atoms with Crippen LogP contribution in [0.4, 0.5) is 0 Å². The van der Waals surface area contributed by atoms with E-state index in [0.717, 1.165) is 4.88 Å². The Hall–Kier alpha value is -1.13. The molecule has 1 saturated heterocycles. The molecular formula is C16H18ClNO5S3. The lowest BCUT2D eigenvalue weighted by molar-refractivity contribution is 0.414. The van der Waals surface area contributed by atoms with Gasteiger partial charge in [-0.15, -0.1) is 11.3 Å². The maximum Gasteiger partial charge on any atom is 0.243 e. The van der Waals surface area contributed by atoms with Crippen LogP contribution in [0.2, 0.25) is 5.02 Å². The molecule has 1 aliphatic heterocycles. The van der Waals surface area contributed by atoms with Crippen molar-refractivity contribution in [3.8, 4) is 5.75 Å². The van der Waals surface area contributed by atoms with Crippen LogP contribution in [0, 0.1) is 0 Å². The SMILES string of the molecule is COc1ccc(S(=O)(=O)N2CCC(c3cccs3)S(=O)(=O)CC2)cc1Cl. The summed E-state index contributed by atoms with van der Waals surface area (Å²) in [5, 5.41) is 1.35. The predicted molar refractivity (Wildman–Crippen MR) is 102 cm³/mol. The Bertz CT molecular complexity index is 987. The molecule has 0 N–H and O–H groups in total. The van der Waals surface area contributed by atoms with E-state index in [1.54, 1.807) is 12.1 Å². The van der Waals surface area contributed by atoms with Crippen molar-refractivity contribution in [2.75, 3.05) is 26.0 Å². The molecule has 1 aliphatic rings. The summed E-state index contributed by atoms with van der Waals surface area (Å²) in [6.45, 7) is 0.0595. The first kappa shape index (κ1) is 19.6. The van der Waals surface area contributed by atoms with Gasteiger partial charge in [-0.05, 0) is 36.1 Å². The lowest BCUT2D eigenvalue weighted by Crippen LogP contribution is -2.33.